The van der Waals surface area contributed by atoms with Crippen LogP contribution in [0.25, 0.3) is 11.1 Å². The standard InChI is InChI=1S/C25H21ClF3NO3/c1-25(2,3)33-22(31)14-30(24(32)23-20(28)12-18(27)13-21(23)29)19-9-5-7-16(11-19)15-6-4-8-17(26)10-15/h4-13H,14H2,1-3H3. The second-order valence-corrected chi connectivity index (χ2v) is 8.72. The van der Waals surface area contributed by atoms with Gasteiger partial charge in [0.15, 0.2) is 0 Å². The topological polar surface area (TPSA) is 46.6 Å². The highest BCUT2D eigenvalue weighted by Crippen LogP contribution is 2.29. The van der Waals surface area contributed by atoms with Crippen molar-refractivity contribution in [2.45, 2.75) is 26.4 Å². The average Bonchev–Trinajstić information content (AvgIpc) is 2.70. The molecule has 0 atom stereocenters. The van der Waals surface area contributed by atoms with Crippen molar-refractivity contribution in [1.82, 2.24) is 0 Å². The van der Waals surface area contributed by atoms with Crippen molar-refractivity contribution >= 4 is 29.2 Å². The number of carbonyl (C=O) groups excluding carboxylic acids is 2. The van der Waals surface area contributed by atoms with Crippen molar-refractivity contribution in [3.8, 4) is 11.1 Å². The molecule has 0 heterocycles. The Morgan fingerprint density at radius 1 is 0.909 bits per heavy atom. The van der Waals surface area contributed by atoms with E-state index in [9.17, 15) is 22.8 Å². The first-order valence-corrected chi connectivity index (χ1v) is 10.4. The SMILES string of the molecule is CC(C)(C)OC(=O)CN(C(=O)c1c(F)cc(F)cc1F)c1cccc(-c2cccc(Cl)c2)c1. The number of hydrogen-bond donors (Lipinski definition) is 0. The van der Waals surface area contributed by atoms with Gasteiger partial charge in [0.1, 0.15) is 35.2 Å². The van der Waals surface area contributed by atoms with Gasteiger partial charge in [0.05, 0.1) is 0 Å². The first kappa shape index (κ1) is 24.3. The third-order valence-corrected chi connectivity index (χ3v) is 4.72. The quantitative estimate of drug-likeness (QED) is 0.400. The minimum Gasteiger partial charge on any atom is -0.459 e. The maximum Gasteiger partial charge on any atom is 0.326 e. The van der Waals surface area contributed by atoms with Gasteiger partial charge in [-0.2, -0.15) is 0 Å². The Morgan fingerprint density at radius 3 is 2.06 bits per heavy atom. The van der Waals surface area contributed by atoms with Crippen molar-refractivity contribution in [3.63, 3.8) is 0 Å². The number of carbonyl (C=O) groups is 2. The van der Waals surface area contributed by atoms with E-state index < -0.39 is 47.0 Å². The predicted octanol–water partition coefficient (Wildman–Crippen LogP) is 6.41. The van der Waals surface area contributed by atoms with Crippen LogP contribution < -0.4 is 4.90 Å². The zero-order valence-electron chi connectivity index (χ0n) is 18.2. The number of rotatable bonds is 5. The van der Waals surface area contributed by atoms with E-state index in [2.05, 4.69) is 0 Å². The van der Waals surface area contributed by atoms with E-state index in [1.807, 2.05) is 0 Å². The lowest BCUT2D eigenvalue weighted by Gasteiger charge is -2.26. The molecule has 3 aromatic rings. The Kier molecular flexibility index (Phi) is 7.12. The zero-order valence-corrected chi connectivity index (χ0v) is 18.9. The van der Waals surface area contributed by atoms with Crippen LogP contribution in [-0.2, 0) is 9.53 Å². The molecule has 4 nitrogen and oxygen atoms in total. The van der Waals surface area contributed by atoms with Gasteiger partial charge >= 0.3 is 5.97 Å². The van der Waals surface area contributed by atoms with Crippen molar-refractivity contribution in [2.24, 2.45) is 0 Å². The molecule has 0 aliphatic carbocycles. The number of benzene rings is 3. The fraction of sp³-hybridized carbons (Fsp3) is 0.200. The summed E-state index contributed by atoms with van der Waals surface area (Å²) in [4.78, 5) is 26.6. The van der Waals surface area contributed by atoms with Gasteiger partial charge in [0.2, 0.25) is 0 Å². The summed E-state index contributed by atoms with van der Waals surface area (Å²) in [6.07, 6.45) is 0. The molecule has 172 valence electrons. The van der Waals surface area contributed by atoms with Crippen LogP contribution in [0.1, 0.15) is 31.1 Å². The van der Waals surface area contributed by atoms with E-state index in [1.54, 1.807) is 63.2 Å². The summed E-state index contributed by atoms with van der Waals surface area (Å²) in [5, 5.41) is 0.495. The maximum atomic E-state index is 14.4. The summed E-state index contributed by atoms with van der Waals surface area (Å²) in [5.74, 6) is -5.86. The average molecular weight is 476 g/mol. The molecule has 3 aromatic carbocycles. The van der Waals surface area contributed by atoms with Crippen LogP contribution in [0.3, 0.4) is 0 Å². The number of ether oxygens (including phenoxy) is 1. The summed E-state index contributed by atoms with van der Waals surface area (Å²) in [6, 6.07) is 14.2. The van der Waals surface area contributed by atoms with E-state index in [1.165, 1.54) is 6.07 Å². The van der Waals surface area contributed by atoms with E-state index in [0.717, 1.165) is 10.5 Å². The second kappa shape index (κ2) is 9.67. The molecule has 0 radical (unpaired) electrons. The molecule has 1 amide bonds. The van der Waals surface area contributed by atoms with Crippen molar-refractivity contribution in [2.75, 3.05) is 11.4 Å². The normalized spacial score (nSPS) is 11.2. The van der Waals surface area contributed by atoms with Gasteiger partial charge in [-0.25, -0.2) is 13.2 Å². The molecule has 0 bridgehead atoms. The summed E-state index contributed by atoms with van der Waals surface area (Å²) < 4.78 is 47.4. The summed E-state index contributed by atoms with van der Waals surface area (Å²) >= 11 is 6.07. The Labute approximate surface area is 194 Å². The van der Waals surface area contributed by atoms with Crippen LogP contribution in [0, 0.1) is 17.5 Å². The molecule has 0 fully saturated rings. The van der Waals surface area contributed by atoms with E-state index in [0.29, 0.717) is 22.7 Å². The highest BCUT2D eigenvalue weighted by atomic mass is 35.5. The largest absolute Gasteiger partial charge is 0.459 e. The van der Waals surface area contributed by atoms with E-state index in [4.69, 9.17) is 16.3 Å². The Hall–Kier alpha value is -3.32. The first-order chi connectivity index (χ1) is 15.4. The molecule has 3 rings (SSSR count). The van der Waals surface area contributed by atoms with Crippen LogP contribution >= 0.6 is 11.6 Å². The van der Waals surface area contributed by atoms with Gasteiger partial charge < -0.3 is 4.74 Å². The number of esters is 1. The Bertz CT molecular complexity index is 1180. The molecule has 0 aliphatic rings. The van der Waals surface area contributed by atoms with Gasteiger partial charge in [-0.1, -0.05) is 35.9 Å². The monoisotopic (exact) mass is 475 g/mol. The van der Waals surface area contributed by atoms with Crippen LogP contribution in [0.4, 0.5) is 18.9 Å². The fourth-order valence-electron chi connectivity index (χ4n) is 3.19. The van der Waals surface area contributed by atoms with Crippen LogP contribution in [-0.4, -0.2) is 24.0 Å². The second-order valence-electron chi connectivity index (χ2n) is 8.28. The molecule has 0 saturated heterocycles. The van der Waals surface area contributed by atoms with Crippen LogP contribution in [0.2, 0.25) is 5.02 Å². The van der Waals surface area contributed by atoms with Gasteiger partial charge in [-0.05, 0) is 56.2 Å². The number of halogens is 4. The molecule has 33 heavy (non-hydrogen) atoms. The minimum atomic E-state index is -1.38. The fourth-order valence-corrected chi connectivity index (χ4v) is 3.38. The van der Waals surface area contributed by atoms with E-state index >= 15 is 0 Å². The predicted molar refractivity (Wildman–Crippen MR) is 121 cm³/mol. The van der Waals surface area contributed by atoms with Gasteiger partial charge in [0, 0.05) is 22.8 Å². The molecule has 8 heteroatoms. The maximum absolute atomic E-state index is 14.4. The van der Waals surface area contributed by atoms with Crippen LogP contribution in [0.15, 0.2) is 60.7 Å². The van der Waals surface area contributed by atoms with Gasteiger partial charge in [-0.3, -0.25) is 14.5 Å². The highest BCUT2D eigenvalue weighted by molar-refractivity contribution is 6.30. The summed E-state index contributed by atoms with van der Waals surface area (Å²) in [7, 11) is 0. The third-order valence-electron chi connectivity index (χ3n) is 4.49. The molecule has 0 N–H and O–H groups in total. The molecule has 0 unspecified atom stereocenters. The first-order valence-electron chi connectivity index (χ1n) is 9.99. The molecule has 0 saturated carbocycles. The van der Waals surface area contributed by atoms with Crippen molar-refractivity contribution < 1.29 is 27.5 Å². The zero-order chi connectivity index (χ0) is 24.3. The Balaban J connectivity index is 2.07. The lowest BCUT2D eigenvalue weighted by molar-refractivity contribution is -0.152. The number of hydrogen-bond acceptors (Lipinski definition) is 3. The number of amides is 1. The lowest BCUT2D eigenvalue weighted by Crippen LogP contribution is -2.39. The Morgan fingerprint density at radius 2 is 1.48 bits per heavy atom. The highest BCUT2D eigenvalue weighted by Gasteiger charge is 2.29. The molecular weight excluding hydrogens is 455 g/mol. The number of nitrogens with zero attached hydrogens (tertiary/aromatic N) is 1. The van der Waals surface area contributed by atoms with E-state index in [-0.39, 0.29) is 5.69 Å². The minimum absolute atomic E-state index is 0.187. The van der Waals surface area contributed by atoms with Gasteiger partial charge in [-0.15, -0.1) is 0 Å². The molecule has 0 aliphatic heterocycles. The smallest absolute Gasteiger partial charge is 0.326 e. The van der Waals surface area contributed by atoms with Crippen molar-refractivity contribution in [3.05, 3.63) is 88.7 Å². The van der Waals surface area contributed by atoms with Crippen LogP contribution in [0.5, 0.6) is 0 Å². The van der Waals surface area contributed by atoms with Crippen molar-refractivity contribution in [1.29, 1.82) is 0 Å². The third kappa shape index (κ3) is 6.14. The molecular formula is C25H21ClF3NO3. The number of anilines is 1. The molecule has 0 spiro atoms. The lowest BCUT2D eigenvalue weighted by atomic mass is 10.0. The molecule has 0 aromatic heterocycles. The summed E-state index contributed by atoms with van der Waals surface area (Å²) in [5.41, 5.74) is -0.259. The summed E-state index contributed by atoms with van der Waals surface area (Å²) in [6.45, 7) is 4.33. The van der Waals surface area contributed by atoms with Gasteiger partial charge in [0.25, 0.3) is 5.91 Å².